The van der Waals surface area contributed by atoms with Crippen LogP contribution >= 0.6 is 0 Å². The van der Waals surface area contributed by atoms with Crippen molar-refractivity contribution < 1.29 is 14.5 Å². The van der Waals surface area contributed by atoms with Gasteiger partial charge in [0.25, 0.3) is 11.6 Å². The van der Waals surface area contributed by atoms with Crippen LogP contribution in [0.4, 0.5) is 5.69 Å². The van der Waals surface area contributed by atoms with Gasteiger partial charge < -0.3 is 5.32 Å². The Morgan fingerprint density at radius 1 is 1.29 bits per heavy atom. The Morgan fingerprint density at radius 2 is 1.88 bits per heavy atom. The molecule has 0 aromatic heterocycles. The Morgan fingerprint density at radius 3 is 2.35 bits per heavy atom. The molecule has 0 aliphatic rings. The first-order valence-electron chi connectivity index (χ1n) is 5.03. The predicted molar refractivity (Wildman–Crippen MR) is 60.7 cm³/mol. The first-order chi connectivity index (χ1) is 8.00. The van der Waals surface area contributed by atoms with Gasteiger partial charge in [0.15, 0.2) is 0 Å². The van der Waals surface area contributed by atoms with Gasteiger partial charge in [-0.1, -0.05) is 0 Å². The number of amides is 1. The van der Waals surface area contributed by atoms with Crippen LogP contribution in [0.5, 0.6) is 0 Å². The lowest BCUT2D eigenvalue weighted by Crippen LogP contribution is -2.25. The highest BCUT2D eigenvalue weighted by Gasteiger charge is 2.08. The number of hydrogen-bond donors (Lipinski definition) is 1. The van der Waals surface area contributed by atoms with Gasteiger partial charge in [0.2, 0.25) is 0 Å². The number of rotatable bonds is 5. The van der Waals surface area contributed by atoms with Crippen molar-refractivity contribution >= 4 is 17.4 Å². The third-order valence-electron chi connectivity index (χ3n) is 2.10. The fourth-order valence-electron chi connectivity index (χ4n) is 1.19. The van der Waals surface area contributed by atoms with Crippen LogP contribution < -0.4 is 5.32 Å². The second-order valence-electron chi connectivity index (χ2n) is 3.51. The summed E-state index contributed by atoms with van der Waals surface area (Å²) in [7, 11) is 0. The van der Waals surface area contributed by atoms with Gasteiger partial charge in [-0.05, 0) is 19.1 Å². The topological polar surface area (TPSA) is 89.3 Å². The van der Waals surface area contributed by atoms with Crippen molar-refractivity contribution in [2.24, 2.45) is 0 Å². The number of benzene rings is 1. The zero-order valence-corrected chi connectivity index (χ0v) is 9.30. The van der Waals surface area contributed by atoms with Crippen LogP contribution in [-0.2, 0) is 4.79 Å². The Hall–Kier alpha value is -2.24. The van der Waals surface area contributed by atoms with Crippen molar-refractivity contribution in [2.75, 3.05) is 6.54 Å². The Bertz CT molecular complexity index is 439. The number of ketones is 1. The molecule has 90 valence electrons. The smallest absolute Gasteiger partial charge is 0.269 e. The number of nitrogens with one attached hydrogen (secondary N) is 1. The molecule has 0 heterocycles. The lowest BCUT2D eigenvalue weighted by atomic mass is 10.2. The molecule has 0 aliphatic heterocycles. The van der Waals surface area contributed by atoms with E-state index in [2.05, 4.69) is 5.32 Å². The van der Waals surface area contributed by atoms with Crippen molar-refractivity contribution in [3.63, 3.8) is 0 Å². The van der Waals surface area contributed by atoms with E-state index in [1.54, 1.807) is 0 Å². The molecule has 0 radical (unpaired) electrons. The number of nitrogens with zero attached hydrogens (tertiary/aromatic N) is 1. The van der Waals surface area contributed by atoms with Crippen molar-refractivity contribution in [1.82, 2.24) is 5.32 Å². The number of carbonyl (C=O) groups excluding carboxylic acids is 2. The molecule has 0 fully saturated rings. The largest absolute Gasteiger partial charge is 0.352 e. The van der Waals surface area contributed by atoms with E-state index < -0.39 is 4.92 Å². The summed E-state index contributed by atoms with van der Waals surface area (Å²) in [5.74, 6) is -0.352. The molecule has 6 nitrogen and oxygen atoms in total. The number of hydrogen-bond acceptors (Lipinski definition) is 4. The number of nitro groups is 1. The first-order valence-corrected chi connectivity index (χ1v) is 5.03. The maximum Gasteiger partial charge on any atom is 0.269 e. The van der Waals surface area contributed by atoms with Gasteiger partial charge in [-0.2, -0.15) is 0 Å². The lowest BCUT2D eigenvalue weighted by molar-refractivity contribution is -0.384. The van der Waals surface area contributed by atoms with E-state index in [4.69, 9.17) is 0 Å². The quantitative estimate of drug-likeness (QED) is 0.616. The summed E-state index contributed by atoms with van der Waals surface area (Å²) < 4.78 is 0. The fourth-order valence-corrected chi connectivity index (χ4v) is 1.19. The second kappa shape index (κ2) is 5.74. The third-order valence-corrected chi connectivity index (χ3v) is 2.10. The van der Waals surface area contributed by atoms with Gasteiger partial charge in [0.1, 0.15) is 5.78 Å². The molecule has 6 heteroatoms. The number of nitro benzene ring substituents is 1. The summed E-state index contributed by atoms with van der Waals surface area (Å²) in [4.78, 5) is 32.0. The zero-order valence-electron chi connectivity index (χ0n) is 9.30. The molecule has 0 saturated carbocycles. The second-order valence-corrected chi connectivity index (χ2v) is 3.51. The summed E-state index contributed by atoms with van der Waals surface area (Å²) in [5, 5.41) is 12.9. The van der Waals surface area contributed by atoms with E-state index in [1.807, 2.05) is 0 Å². The summed E-state index contributed by atoms with van der Waals surface area (Å²) in [6, 6.07) is 5.28. The monoisotopic (exact) mass is 236 g/mol. The van der Waals surface area contributed by atoms with Crippen molar-refractivity contribution in [1.29, 1.82) is 0 Å². The van der Waals surface area contributed by atoms with E-state index >= 15 is 0 Å². The molecular weight excluding hydrogens is 224 g/mol. The molecule has 0 unspecified atom stereocenters. The fraction of sp³-hybridized carbons (Fsp3) is 0.273. The van der Waals surface area contributed by atoms with Crippen LogP contribution in [0.25, 0.3) is 0 Å². The molecule has 0 saturated heterocycles. The Balaban J connectivity index is 2.57. The Kier molecular flexibility index (Phi) is 4.33. The predicted octanol–water partition coefficient (Wildman–Crippen LogP) is 1.30. The normalized spacial score (nSPS) is 9.71. The minimum absolute atomic E-state index is 0.00556. The van der Waals surface area contributed by atoms with Crippen molar-refractivity contribution in [3.8, 4) is 0 Å². The van der Waals surface area contributed by atoms with Crippen LogP contribution in [0.3, 0.4) is 0 Å². The maximum absolute atomic E-state index is 11.5. The maximum atomic E-state index is 11.5. The molecule has 0 bridgehead atoms. The van der Waals surface area contributed by atoms with Crippen LogP contribution in [0.2, 0.25) is 0 Å². The van der Waals surface area contributed by atoms with Gasteiger partial charge in [-0.15, -0.1) is 0 Å². The highest BCUT2D eigenvalue weighted by Crippen LogP contribution is 2.11. The van der Waals surface area contributed by atoms with E-state index in [0.717, 1.165) is 0 Å². The molecule has 0 aliphatic carbocycles. The summed E-state index contributed by atoms with van der Waals surface area (Å²) >= 11 is 0. The van der Waals surface area contributed by atoms with Crippen LogP contribution in [0.15, 0.2) is 24.3 Å². The number of non-ortho nitro benzene ring substituents is 1. The van der Waals surface area contributed by atoms with Crippen molar-refractivity contribution in [2.45, 2.75) is 13.3 Å². The molecule has 0 spiro atoms. The molecule has 1 aromatic rings. The average molecular weight is 236 g/mol. The molecule has 1 N–H and O–H groups in total. The molecule has 1 rings (SSSR count). The molecule has 1 aromatic carbocycles. The van der Waals surface area contributed by atoms with E-state index in [1.165, 1.54) is 31.2 Å². The average Bonchev–Trinajstić information content (AvgIpc) is 2.28. The lowest BCUT2D eigenvalue weighted by Gasteiger charge is -2.03. The van der Waals surface area contributed by atoms with E-state index in [9.17, 15) is 19.7 Å². The van der Waals surface area contributed by atoms with Crippen molar-refractivity contribution in [3.05, 3.63) is 39.9 Å². The summed E-state index contributed by atoms with van der Waals surface area (Å²) in [6.45, 7) is 1.71. The SMILES string of the molecule is CC(=O)CCNC(=O)c1ccc([N+](=O)[O-])cc1. The van der Waals surface area contributed by atoms with Crippen LogP contribution in [-0.4, -0.2) is 23.2 Å². The van der Waals surface area contributed by atoms with Gasteiger partial charge >= 0.3 is 0 Å². The highest BCUT2D eigenvalue weighted by atomic mass is 16.6. The van der Waals surface area contributed by atoms with Gasteiger partial charge in [-0.25, -0.2) is 0 Å². The molecular formula is C11H12N2O4. The molecule has 17 heavy (non-hydrogen) atoms. The zero-order chi connectivity index (χ0) is 12.8. The minimum atomic E-state index is -0.530. The summed E-state index contributed by atoms with van der Waals surface area (Å²) in [6.07, 6.45) is 0.277. The van der Waals surface area contributed by atoms with Crippen LogP contribution in [0, 0.1) is 10.1 Å². The van der Waals surface area contributed by atoms with E-state index in [-0.39, 0.29) is 30.3 Å². The van der Waals surface area contributed by atoms with E-state index in [0.29, 0.717) is 5.56 Å². The molecule has 1 amide bonds. The highest BCUT2D eigenvalue weighted by molar-refractivity contribution is 5.94. The number of Topliss-reactive ketones (excluding diaryl/α,β-unsaturated/α-hetero) is 1. The van der Waals surface area contributed by atoms with Gasteiger partial charge in [-0.3, -0.25) is 19.7 Å². The molecule has 0 atom stereocenters. The van der Waals surface area contributed by atoms with Gasteiger partial charge in [0.05, 0.1) is 4.92 Å². The van der Waals surface area contributed by atoms with Crippen LogP contribution in [0.1, 0.15) is 23.7 Å². The Labute approximate surface area is 97.8 Å². The minimum Gasteiger partial charge on any atom is -0.352 e. The summed E-state index contributed by atoms with van der Waals surface area (Å²) in [5.41, 5.74) is 0.268. The standard InChI is InChI=1S/C11H12N2O4/c1-8(14)6-7-12-11(15)9-2-4-10(5-3-9)13(16)17/h2-5H,6-7H2,1H3,(H,12,15). The number of carbonyl (C=O) groups is 2. The van der Waals surface area contributed by atoms with Gasteiger partial charge in [0, 0.05) is 30.7 Å². The first kappa shape index (κ1) is 12.8. The third kappa shape index (κ3) is 4.02.